The van der Waals surface area contributed by atoms with Crippen molar-refractivity contribution in [2.45, 2.75) is 19.3 Å². The van der Waals surface area contributed by atoms with Gasteiger partial charge in [-0.05, 0) is 42.0 Å². The van der Waals surface area contributed by atoms with Crippen LogP contribution >= 0.6 is 0 Å². The average molecular weight is 247 g/mol. The van der Waals surface area contributed by atoms with Crippen molar-refractivity contribution in [1.29, 1.82) is 5.26 Å². The second-order valence-corrected chi connectivity index (χ2v) is 5.23. The van der Waals surface area contributed by atoms with E-state index in [-0.39, 0.29) is 5.78 Å². The molecular weight excluding hydrogens is 234 g/mol. The summed E-state index contributed by atoms with van der Waals surface area (Å²) in [5.41, 5.74) is 2.82. The quantitative estimate of drug-likeness (QED) is 0.661. The Bertz CT molecular complexity index is 671. The fraction of sp³-hybridized carbons (Fsp3) is 0.294. The maximum absolute atomic E-state index is 12.0. The molecule has 2 nitrogen and oxygen atoms in total. The number of carbonyl (C=O) groups excluding carboxylic acids is 1. The van der Waals surface area contributed by atoms with Crippen LogP contribution in [0.15, 0.2) is 30.3 Å². The lowest BCUT2D eigenvalue weighted by molar-refractivity contribution is -0.117. The number of aryl methyl sites for hydroxylation is 1. The maximum Gasteiger partial charge on any atom is 0.173 e. The summed E-state index contributed by atoms with van der Waals surface area (Å²) in [6, 6.07) is 10.2. The van der Waals surface area contributed by atoms with E-state index >= 15 is 0 Å². The second kappa shape index (κ2) is 4.11. The summed E-state index contributed by atoms with van der Waals surface area (Å²) < 4.78 is 0. The Morgan fingerprint density at radius 1 is 1.37 bits per heavy atom. The van der Waals surface area contributed by atoms with Gasteiger partial charge in [0.15, 0.2) is 5.78 Å². The minimum atomic E-state index is -0.593. The summed E-state index contributed by atoms with van der Waals surface area (Å²) in [5.74, 6) is 2.17. The third-order valence-electron chi connectivity index (χ3n) is 4.26. The van der Waals surface area contributed by atoms with Crippen LogP contribution in [0.3, 0.4) is 0 Å². The Kier molecular flexibility index (Phi) is 2.54. The first kappa shape index (κ1) is 11.8. The third kappa shape index (κ3) is 1.61. The zero-order chi connectivity index (χ0) is 13.5. The van der Waals surface area contributed by atoms with Crippen LogP contribution < -0.4 is 0 Å². The van der Waals surface area contributed by atoms with Gasteiger partial charge in [0.1, 0.15) is 5.92 Å². The van der Waals surface area contributed by atoms with Gasteiger partial charge in [0.2, 0.25) is 0 Å². The van der Waals surface area contributed by atoms with Gasteiger partial charge in [-0.1, -0.05) is 30.2 Å². The zero-order valence-corrected chi connectivity index (χ0v) is 10.5. The lowest BCUT2D eigenvalue weighted by Crippen LogP contribution is -2.35. The monoisotopic (exact) mass is 247 g/mol. The van der Waals surface area contributed by atoms with Crippen molar-refractivity contribution in [1.82, 2.24) is 0 Å². The van der Waals surface area contributed by atoms with Gasteiger partial charge in [0.25, 0.3) is 0 Å². The van der Waals surface area contributed by atoms with E-state index in [1.165, 1.54) is 5.56 Å². The van der Waals surface area contributed by atoms with Crippen molar-refractivity contribution in [2.24, 2.45) is 11.3 Å². The van der Waals surface area contributed by atoms with Crippen molar-refractivity contribution < 1.29 is 4.79 Å². The zero-order valence-electron chi connectivity index (χ0n) is 10.5. The summed E-state index contributed by atoms with van der Waals surface area (Å²) >= 11 is 0. The number of nitriles is 1. The van der Waals surface area contributed by atoms with Crippen LogP contribution in [0.1, 0.15) is 24.0 Å². The van der Waals surface area contributed by atoms with Gasteiger partial charge in [-0.25, -0.2) is 0 Å². The topological polar surface area (TPSA) is 40.9 Å². The Labute approximate surface area is 112 Å². The number of nitrogens with zero attached hydrogens (tertiary/aromatic N) is 1. The molecule has 92 valence electrons. The highest BCUT2D eigenvalue weighted by atomic mass is 16.1. The van der Waals surface area contributed by atoms with E-state index in [1.54, 1.807) is 6.08 Å². The molecule has 2 unspecified atom stereocenters. The van der Waals surface area contributed by atoms with Crippen molar-refractivity contribution in [3.05, 3.63) is 41.5 Å². The number of rotatable bonds is 0. The first-order chi connectivity index (χ1) is 9.20. The molecule has 19 heavy (non-hydrogen) atoms. The van der Waals surface area contributed by atoms with E-state index in [0.717, 1.165) is 24.0 Å². The van der Waals surface area contributed by atoms with Crippen LogP contribution in [0.4, 0.5) is 0 Å². The predicted molar refractivity (Wildman–Crippen MR) is 72.7 cm³/mol. The molecule has 2 aliphatic carbocycles. The number of allylic oxidation sites excluding steroid dienone is 2. The van der Waals surface area contributed by atoms with Gasteiger partial charge in [-0.15, -0.1) is 6.42 Å². The Morgan fingerprint density at radius 3 is 2.89 bits per heavy atom. The smallest absolute Gasteiger partial charge is 0.173 e. The van der Waals surface area contributed by atoms with Gasteiger partial charge < -0.3 is 0 Å². The van der Waals surface area contributed by atoms with Gasteiger partial charge in [0, 0.05) is 0 Å². The van der Waals surface area contributed by atoms with Gasteiger partial charge in [0.05, 0.1) is 11.5 Å². The van der Waals surface area contributed by atoms with Crippen LogP contribution in [0, 0.1) is 35.0 Å². The molecule has 0 bridgehead atoms. The molecule has 0 aliphatic heterocycles. The molecule has 3 rings (SSSR count). The molecule has 0 radical (unpaired) electrons. The van der Waals surface area contributed by atoms with Crippen LogP contribution in [0.2, 0.25) is 0 Å². The van der Waals surface area contributed by atoms with Crippen molar-refractivity contribution >= 4 is 11.4 Å². The molecule has 0 amide bonds. The molecule has 1 aromatic carbocycles. The van der Waals surface area contributed by atoms with E-state index in [4.69, 9.17) is 11.7 Å². The maximum atomic E-state index is 12.0. The van der Waals surface area contributed by atoms with Crippen LogP contribution in [-0.4, -0.2) is 5.78 Å². The largest absolute Gasteiger partial charge is 0.293 e. The summed E-state index contributed by atoms with van der Waals surface area (Å²) in [6.45, 7) is 0. The number of carbonyl (C=O) groups is 1. The fourth-order valence-corrected chi connectivity index (χ4v) is 3.18. The SMILES string of the molecule is C#CC12CCc3ccccc3C1=CC(=O)C(C#N)C2. The fourth-order valence-electron chi connectivity index (χ4n) is 3.18. The van der Waals surface area contributed by atoms with Crippen LogP contribution in [0.5, 0.6) is 0 Å². The van der Waals surface area contributed by atoms with E-state index in [0.29, 0.717) is 6.42 Å². The third-order valence-corrected chi connectivity index (χ3v) is 4.26. The first-order valence-electron chi connectivity index (χ1n) is 6.42. The summed E-state index contributed by atoms with van der Waals surface area (Å²) in [7, 11) is 0. The highest BCUT2D eigenvalue weighted by Gasteiger charge is 2.44. The normalized spacial score (nSPS) is 28.4. The molecule has 0 saturated heterocycles. The van der Waals surface area contributed by atoms with Crippen molar-refractivity contribution in [3.8, 4) is 18.4 Å². The van der Waals surface area contributed by atoms with Crippen LogP contribution in [-0.2, 0) is 11.2 Å². The second-order valence-electron chi connectivity index (χ2n) is 5.23. The predicted octanol–water partition coefficient (Wildman–Crippen LogP) is 2.75. The number of benzene rings is 1. The Hall–Kier alpha value is -2.32. The number of terminal acetylenes is 1. The summed E-state index contributed by atoms with van der Waals surface area (Å²) in [6.07, 6.45) is 9.54. The average Bonchev–Trinajstić information content (AvgIpc) is 2.47. The molecular formula is C17H13NO. The number of ketones is 1. The first-order valence-corrected chi connectivity index (χ1v) is 6.42. The summed E-state index contributed by atoms with van der Waals surface area (Å²) in [4.78, 5) is 12.0. The highest BCUT2D eigenvalue weighted by Crippen LogP contribution is 2.50. The molecule has 0 heterocycles. The summed E-state index contributed by atoms with van der Waals surface area (Å²) in [5, 5.41) is 9.09. The minimum Gasteiger partial charge on any atom is -0.293 e. The highest BCUT2D eigenvalue weighted by molar-refractivity contribution is 6.03. The molecule has 0 saturated carbocycles. The Balaban J connectivity index is 2.22. The van der Waals surface area contributed by atoms with Crippen LogP contribution in [0.25, 0.3) is 5.57 Å². The molecule has 0 spiro atoms. The number of fused-ring (bicyclic) bond motifs is 3. The van der Waals surface area contributed by atoms with Crippen molar-refractivity contribution in [3.63, 3.8) is 0 Å². The Morgan fingerprint density at radius 2 is 2.16 bits per heavy atom. The minimum absolute atomic E-state index is 0.111. The lowest BCUT2D eigenvalue weighted by atomic mass is 9.61. The molecule has 0 N–H and O–H groups in total. The molecule has 2 atom stereocenters. The lowest BCUT2D eigenvalue weighted by Gasteiger charge is -2.40. The van der Waals surface area contributed by atoms with Gasteiger partial charge >= 0.3 is 0 Å². The van der Waals surface area contributed by atoms with E-state index in [2.05, 4.69) is 18.1 Å². The molecule has 1 aromatic rings. The van der Waals surface area contributed by atoms with E-state index in [1.807, 2.05) is 18.2 Å². The molecule has 0 fully saturated rings. The van der Waals surface area contributed by atoms with Gasteiger partial charge in [-0.2, -0.15) is 5.26 Å². The number of hydrogen-bond acceptors (Lipinski definition) is 2. The molecule has 2 heteroatoms. The standard InChI is InChI=1S/C17H13NO/c1-2-17-8-7-12-5-3-4-6-14(12)15(17)9-16(19)13(10-17)11-18/h1,3-6,9,13H,7-8,10H2. The molecule has 0 aromatic heterocycles. The molecule has 2 aliphatic rings. The van der Waals surface area contributed by atoms with E-state index < -0.39 is 11.3 Å². The van der Waals surface area contributed by atoms with Gasteiger partial charge in [-0.3, -0.25) is 4.79 Å². The van der Waals surface area contributed by atoms with E-state index in [9.17, 15) is 4.79 Å². The number of hydrogen-bond donors (Lipinski definition) is 0. The van der Waals surface area contributed by atoms with Crippen molar-refractivity contribution in [2.75, 3.05) is 0 Å².